The number of ether oxygens (including phenoxy) is 2. The van der Waals surface area contributed by atoms with Crippen molar-refractivity contribution in [3.63, 3.8) is 0 Å². The molecule has 0 aliphatic rings. The summed E-state index contributed by atoms with van der Waals surface area (Å²) in [6, 6.07) is 5.90. The van der Waals surface area contributed by atoms with Crippen molar-refractivity contribution in [3.8, 4) is 11.5 Å². The molecule has 0 bridgehead atoms. The molecule has 0 aliphatic heterocycles. The molecule has 21 heavy (non-hydrogen) atoms. The van der Waals surface area contributed by atoms with Crippen LogP contribution in [0.25, 0.3) is 0 Å². The lowest BCUT2D eigenvalue weighted by atomic mass is 10.1. The van der Waals surface area contributed by atoms with Crippen molar-refractivity contribution < 1.29 is 14.0 Å². The van der Waals surface area contributed by atoms with Crippen molar-refractivity contribution in [2.75, 3.05) is 13.7 Å². The zero-order chi connectivity index (χ0) is 15.2. The van der Waals surface area contributed by atoms with Crippen molar-refractivity contribution in [2.45, 2.75) is 33.9 Å². The number of nitrogens with one attached hydrogen (secondary N) is 1. The normalized spacial score (nSPS) is 10.7. The first-order valence-corrected chi connectivity index (χ1v) is 7.08. The molecule has 1 N–H and O–H groups in total. The zero-order valence-corrected chi connectivity index (χ0v) is 13.0. The average molecular weight is 290 g/mol. The summed E-state index contributed by atoms with van der Waals surface area (Å²) in [5.74, 6) is 2.29. The van der Waals surface area contributed by atoms with Crippen LogP contribution in [0, 0.1) is 13.8 Å². The molecule has 0 aliphatic carbocycles. The van der Waals surface area contributed by atoms with Crippen LogP contribution in [0.3, 0.4) is 0 Å². The Morgan fingerprint density at radius 1 is 1.29 bits per heavy atom. The number of para-hydroxylation sites is 1. The first kappa shape index (κ1) is 15.4. The number of aromatic nitrogens is 1. The molecule has 5 heteroatoms. The Bertz CT molecular complexity index is 574. The van der Waals surface area contributed by atoms with Gasteiger partial charge in [0.05, 0.1) is 18.4 Å². The molecule has 1 aromatic carbocycles. The highest BCUT2D eigenvalue weighted by Gasteiger charge is 2.14. The van der Waals surface area contributed by atoms with Crippen LogP contribution in [0.1, 0.15) is 29.5 Å². The molecule has 0 fully saturated rings. The van der Waals surface area contributed by atoms with Crippen molar-refractivity contribution >= 4 is 0 Å². The first-order chi connectivity index (χ1) is 10.2. The van der Waals surface area contributed by atoms with E-state index in [1.807, 2.05) is 32.0 Å². The smallest absolute Gasteiger partial charge is 0.166 e. The molecular weight excluding hydrogens is 268 g/mol. The van der Waals surface area contributed by atoms with E-state index in [4.69, 9.17) is 14.0 Å². The summed E-state index contributed by atoms with van der Waals surface area (Å²) < 4.78 is 16.6. The number of nitrogens with zero attached hydrogens (tertiary/aromatic N) is 1. The van der Waals surface area contributed by atoms with Gasteiger partial charge in [0.1, 0.15) is 12.4 Å². The monoisotopic (exact) mass is 290 g/mol. The summed E-state index contributed by atoms with van der Waals surface area (Å²) in [6.07, 6.45) is 0. The molecule has 1 heterocycles. The summed E-state index contributed by atoms with van der Waals surface area (Å²) in [7, 11) is 1.65. The minimum absolute atomic E-state index is 0.417. The largest absolute Gasteiger partial charge is 0.493 e. The van der Waals surface area contributed by atoms with E-state index in [-0.39, 0.29) is 0 Å². The van der Waals surface area contributed by atoms with Crippen LogP contribution in [-0.2, 0) is 13.2 Å². The summed E-state index contributed by atoms with van der Waals surface area (Å²) in [5, 5.41) is 7.25. The first-order valence-electron chi connectivity index (χ1n) is 7.08. The second-order valence-electron chi connectivity index (χ2n) is 4.82. The predicted molar refractivity (Wildman–Crippen MR) is 80.7 cm³/mol. The van der Waals surface area contributed by atoms with Crippen molar-refractivity contribution in [3.05, 3.63) is 40.8 Å². The minimum atomic E-state index is 0.417. The van der Waals surface area contributed by atoms with Crippen LogP contribution in [0.15, 0.2) is 22.7 Å². The fourth-order valence-electron chi connectivity index (χ4n) is 2.14. The Morgan fingerprint density at radius 3 is 2.71 bits per heavy atom. The number of benzene rings is 1. The molecule has 0 atom stereocenters. The van der Waals surface area contributed by atoms with E-state index < -0.39 is 0 Å². The van der Waals surface area contributed by atoms with Crippen molar-refractivity contribution in [1.82, 2.24) is 10.5 Å². The van der Waals surface area contributed by atoms with E-state index in [9.17, 15) is 0 Å². The predicted octanol–water partition coefficient (Wildman–Crippen LogP) is 2.99. The van der Waals surface area contributed by atoms with E-state index in [0.717, 1.165) is 47.2 Å². The SMILES string of the molecule is CCNCc1cccc(OC)c1OCc1c(C)noc1C. The maximum absolute atomic E-state index is 6.00. The molecule has 0 radical (unpaired) electrons. The fourth-order valence-corrected chi connectivity index (χ4v) is 2.14. The van der Waals surface area contributed by atoms with E-state index in [1.165, 1.54) is 0 Å². The lowest BCUT2D eigenvalue weighted by Gasteiger charge is -2.15. The van der Waals surface area contributed by atoms with Crippen molar-refractivity contribution in [2.24, 2.45) is 0 Å². The van der Waals surface area contributed by atoms with Gasteiger partial charge in [-0.1, -0.05) is 24.2 Å². The maximum Gasteiger partial charge on any atom is 0.166 e. The number of aryl methyl sites for hydroxylation is 2. The Balaban J connectivity index is 2.21. The highest BCUT2D eigenvalue weighted by Crippen LogP contribution is 2.32. The van der Waals surface area contributed by atoms with Crippen LogP contribution in [0.4, 0.5) is 0 Å². The third-order valence-corrected chi connectivity index (χ3v) is 3.39. The molecule has 1 aromatic heterocycles. The Labute approximate surface area is 125 Å². The Morgan fingerprint density at radius 2 is 2.10 bits per heavy atom. The van der Waals surface area contributed by atoms with Gasteiger partial charge < -0.3 is 19.3 Å². The number of methoxy groups -OCH3 is 1. The van der Waals surface area contributed by atoms with E-state index in [2.05, 4.69) is 17.4 Å². The fraction of sp³-hybridized carbons (Fsp3) is 0.438. The van der Waals surface area contributed by atoms with Crippen molar-refractivity contribution in [1.29, 1.82) is 0 Å². The average Bonchev–Trinajstić information content (AvgIpc) is 2.82. The minimum Gasteiger partial charge on any atom is -0.493 e. The van der Waals surface area contributed by atoms with E-state index in [0.29, 0.717) is 6.61 Å². The molecule has 2 aromatic rings. The number of hydrogen-bond donors (Lipinski definition) is 1. The van der Waals surface area contributed by atoms with Gasteiger partial charge in [-0.25, -0.2) is 0 Å². The Kier molecular flexibility index (Phi) is 5.22. The molecule has 0 unspecified atom stereocenters. The summed E-state index contributed by atoms with van der Waals surface area (Å²) >= 11 is 0. The summed E-state index contributed by atoms with van der Waals surface area (Å²) in [6.45, 7) is 7.94. The number of rotatable bonds is 7. The molecule has 0 saturated carbocycles. The van der Waals surface area contributed by atoms with Crippen LogP contribution in [0.2, 0.25) is 0 Å². The lowest BCUT2D eigenvalue weighted by Crippen LogP contribution is -2.13. The Hall–Kier alpha value is -2.01. The third kappa shape index (κ3) is 3.55. The maximum atomic E-state index is 6.00. The van der Waals surface area contributed by atoms with E-state index >= 15 is 0 Å². The lowest BCUT2D eigenvalue weighted by molar-refractivity contribution is 0.277. The van der Waals surface area contributed by atoms with Gasteiger partial charge >= 0.3 is 0 Å². The molecule has 5 nitrogen and oxygen atoms in total. The molecule has 0 saturated heterocycles. The van der Waals surface area contributed by atoms with Gasteiger partial charge in [0.2, 0.25) is 0 Å². The quantitative estimate of drug-likeness (QED) is 0.849. The molecule has 114 valence electrons. The van der Waals surface area contributed by atoms with Gasteiger partial charge in [-0.05, 0) is 26.5 Å². The van der Waals surface area contributed by atoms with Gasteiger partial charge in [-0.3, -0.25) is 0 Å². The highest BCUT2D eigenvalue weighted by molar-refractivity contribution is 5.46. The van der Waals surface area contributed by atoms with Crippen LogP contribution in [-0.4, -0.2) is 18.8 Å². The van der Waals surface area contributed by atoms with E-state index in [1.54, 1.807) is 7.11 Å². The third-order valence-electron chi connectivity index (χ3n) is 3.39. The number of hydrogen-bond acceptors (Lipinski definition) is 5. The van der Waals surface area contributed by atoms with Crippen LogP contribution >= 0.6 is 0 Å². The van der Waals surface area contributed by atoms with Gasteiger partial charge in [-0.15, -0.1) is 0 Å². The second-order valence-corrected chi connectivity index (χ2v) is 4.82. The molecule has 0 spiro atoms. The standard InChI is InChI=1S/C16H22N2O3/c1-5-17-9-13-7-6-8-15(19-4)16(13)20-10-14-11(2)18-21-12(14)3/h6-8,17H,5,9-10H2,1-4H3. The highest BCUT2D eigenvalue weighted by atomic mass is 16.5. The van der Waals surface area contributed by atoms with Gasteiger partial charge in [0.15, 0.2) is 11.5 Å². The topological polar surface area (TPSA) is 56.5 Å². The van der Waals surface area contributed by atoms with Crippen LogP contribution < -0.4 is 14.8 Å². The van der Waals surface area contributed by atoms with Gasteiger partial charge in [0, 0.05) is 12.1 Å². The molecule has 0 amide bonds. The zero-order valence-electron chi connectivity index (χ0n) is 13.0. The van der Waals surface area contributed by atoms with Gasteiger partial charge in [-0.2, -0.15) is 0 Å². The molecule has 2 rings (SSSR count). The molecular formula is C16H22N2O3. The summed E-state index contributed by atoms with van der Waals surface area (Å²) in [5.41, 5.74) is 2.91. The second kappa shape index (κ2) is 7.13. The van der Waals surface area contributed by atoms with Gasteiger partial charge in [0.25, 0.3) is 0 Å². The summed E-state index contributed by atoms with van der Waals surface area (Å²) in [4.78, 5) is 0. The van der Waals surface area contributed by atoms with Crippen LogP contribution in [0.5, 0.6) is 11.5 Å².